The Morgan fingerprint density at radius 3 is 2.76 bits per heavy atom. The largest absolute Gasteiger partial charge is 0.441 e. The molecule has 0 fully saturated rings. The first-order valence-corrected chi connectivity index (χ1v) is 6.89. The summed E-state index contributed by atoms with van der Waals surface area (Å²) in [6.07, 6.45) is 0.299. The van der Waals surface area contributed by atoms with Crippen molar-refractivity contribution in [2.45, 2.75) is 13.3 Å². The molecule has 0 saturated heterocycles. The van der Waals surface area contributed by atoms with E-state index >= 15 is 0 Å². The van der Waals surface area contributed by atoms with Crippen LogP contribution in [0.1, 0.15) is 11.5 Å². The number of aryl methyl sites for hydroxylation is 1. The number of benzene rings is 2. The van der Waals surface area contributed by atoms with E-state index < -0.39 is 0 Å². The summed E-state index contributed by atoms with van der Waals surface area (Å²) in [7, 11) is 0. The van der Waals surface area contributed by atoms with Crippen LogP contribution in [0.5, 0.6) is 0 Å². The fraction of sp³-hybridized carbons (Fsp3) is 0.125. The Morgan fingerprint density at radius 1 is 1.24 bits per heavy atom. The van der Waals surface area contributed by atoms with Gasteiger partial charge in [0.15, 0.2) is 11.5 Å². The lowest BCUT2D eigenvalue weighted by molar-refractivity contribution is -0.115. The summed E-state index contributed by atoms with van der Waals surface area (Å²) >= 11 is 5.82. The Bertz CT molecular complexity index is 794. The topological polar surface area (TPSA) is 55.1 Å². The first kappa shape index (κ1) is 13.6. The number of amides is 1. The average molecular weight is 301 g/mol. The van der Waals surface area contributed by atoms with Crippen LogP contribution < -0.4 is 5.32 Å². The van der Waals surface area contributed by atoms with Crippen LogP contribution in [0, 0.1) is 6.92 Å². The van der Waals surface area contributed by atoms with Crippen molar-refractivity contribution < 1.29 is 9.21 Å². The number of halogens is 1. The molecule has 0 unspecified atom stereocenters. The molecule has 21 heavy (non-hydrogen) atoms. The lowest BCUT2D eigenvalue weighted by Crippen LogP contribution is -2.14. The molecular weight excluding hydrogens is 288 g/mol. The van der Waals surface area contributed by atoms with Gasteiger partial charge in [0.1, 0.15) is 5.52 Å². The molecular formula is C16H13ClN2O2. The highest BCUT2D eigenvalue weighted by atomic mass is 35.5. The van der Waals surface area contributed by atoms with E-state index in [1.165, 1.54) is 0 Å². The molecule has 0 aliphatic rings. The van der Waals surface area contributed by atoms with E-state index in [9.17, 15) is 4.79 Å². The first-order chi connectivity index (χ1) is 10.1. The third-order valence-corrected chi connectivity index (χ3v) is 3.31. The molecule has 1 amide bonds. The summed E-state index contributed by atoms with van der Waals surface area (Å²) in [4.78, 5) is 16.3. The van der Waals surface area contributed by atoms with Crippen molar-refractivity contribution in [2.75, 3.05) is 5.32 Å². The lowest BCUT2D eigenvalue weighted by Gasteiger charge is -2.05. The fourth-order valence-corrected chi connectivity index (χ4v) is 2.24. The van der Waals surface area contributed by atoms with Gasteiger partial charge >= 0.3 is 0 Å². The zero-order valence-corrected chi connectivity index (χ0v) is 12.1. The molecule has 1 heterocycles. The van der Waals surface area contributed by atoms with Crippen LogP contribution in [0.4, 0.5) is 5.69 Å². The molecule has 0 saturated carbocycles. The molecule has 0 aliphatic heterocycles. The zero-order valence-electron chi connectivity index (χ0n) is 11.4. The van der Waals surface area contributed by atoms with Gasteiger partial charge in [0.2, 0.25) is 5.91 Å². The molecule has 3 aromatic rings. The number of nitrogens with one attached hydrogen (secondary N) is 1. The Kier molecular flexibility index (Phi) is 3.62. The molecule has 0 radical (unpaired) electrons. The third-order valence-electron chi connectivity index (χ3n) is 3.06. The molecule has 2 aromatic carbocycles. The number of carbonyl (C=O) groups is 1. The van der Waals surface area contributed by atoms with Crippen LogP contribution >= 0.6 is 11.6 Å². The number of fused-ring (bicyclic) bond motifs is 1. The zero-order chi connectivity index (χ0) is 14.8. The predicted octanol–water partition coefficient (Wildman–Crippen LogP) is 3.97. The molecule has 106 valence electrons. The molecule has 0 atom stereocenters. The monoisotopic (exact) mass is 300 g/mol. The number of aromatic nitrogens is 1. The number of rotatable bonds is 3. The fourth-order valence-electron chi connectivity index (χ4n) is 2.11. The standard InChI is InChI=1S/C16H13ClN2O2/c1-10-18-14-9-13(6-7-15(14)21-10)19-16(20)8-11-2-4-12(17)5-3-11/h2-7,9H,8H2,1H3,(H,19,20). The van der Waals surface area contributed by atoms with Crippen LogP contribution in [-0.2, 0) is 11.2 Å². The lowest BCUT2D eigenvalue weighted by atomic mass is 10.1. The van der Waals surface area contributed by atoms with Crippen molar-refractivity contribution in [3.05, 3.63) is 58.9 Å². The van der Waals surface area contributed by atoms with Crippen LogP contribution in [0.3, 0.4) is 0 Å². The van der Waals surface area contributed by atoms with Gasteiger partial charge in [-0.05, 0) is 35.9 Å². The number of hydrogen-bond donors (Lipinski definition) is 1. The minimum Gasteiger partial charge on any atom is -0.441 e. The van der Waals surface area contributed by atoms with E-state index in [2.05, 4.69) is 10.3 Å². The molecule has 4 nitrogen and oxygen atoms in total. The Balaban J connectivity index is 1.71. The Hall–Kier alpha value is -2.33. The van der Waals surface area contributed by atoms with Gasteiger partial charge in [-0.15, -0.1) is 0 Å². The number of anilines is 1. The van der Waals surface area contributed by atoms with E-state index in [0.717, 1.165) is 11.1 Å². The van der Waals surface area contributed by atoms with Crippen molar-refractivity contribution in [2.24, 2.45) is 0 Å². The van der Waals surface area contributed by atoms with Crippen LogP contribution in [0.2, 0.25) is 5.02 Å². The second-order valence-electron chi connectivity index (χ2n) is 4.77. The molecule has 5 heteroatoms. The summed E-state index contributed by atoms with van der Waals surface area (Å²) in [5.41, 5.74) is 3.06. The molecule has 1 aromatic heterocycles. The molecule has 3 rings (SSSR count). The highest BCUT2D eigenvalue weighted by molar-refractivity contribution is 6.30. The number of oxazole rings is 1. The maximum Gasteiger partial charge on any atom is 0.228 e. The average Bonchev–Trinajstić information content (AvgIpc) is 2.80. The van der Waals surface area contributed by atoms with E-state index in [0.29, 0.717) is 28.6 Å². The van der Waals surface area contributed by atoms with Crippen LogP contribution in [-0.4, -0.2) is 10.9 Å². The maximum atomic E-state index is 12.0. The summed E-state index contributed by atoms with van der Waals surface area (Å²) in [6, 6.07) is 12.6. The predicted molar refractivity (Wildman–Crippen MR) is 82.5 cm³/mol. The second kappa shape index (κ2) is 5.58. The van der Waals surface area contributed by atoms with Gasteiger partial charge in [-0.3, -0.25) is 4.79 Å². The van der Waals surface area contributed by atoms with Crippen molar-refractivity contribution in [1.29, 1.82) is 0 Å². The smallest absolute Gasteiger partial charge is 0.228 e. The van der Waals surface area contributed by atoms with Gasteiger partial charge in [-0.2, -0.15) is 0 Å². The second-order valence-corrected chi connectivity index (χ2v) is 5.20. The minimum absolute atomic E-state index is 0.0862. The van der Waals surface area contributed by atoms with Gasteiger partial charge in [0.05, 0.1) is 6.42 Å². The van der Waals surface area contributed by atoms with E-state index in [1.54, 1.807) is 37.3 Å². The molecule has 0 spiro atoms. The van der Waals surface area contributed by atoms with Crippen molar-refractivity contribution >= 4 is 34.3 Å². The van der Waals surface area contributed by atoms with Crippen molar-refractivity contribution in [3.8, 4) is 0 Å². The van der Waals surface area contributed by atoms with E-state index in [4.69, 9.17) is 16.0 Å². The van der Waals surface area contributed by atoms with Gasteiger partial charge in [0, 0.05) is 17.6 Å². The SMILES string of the molecule is Cc1nc2cc(NC(=O)Cc3ccc(Cl)cc3)ccc2o1. The third kappa shape index (κ3) is 3.23. The quantitative estimate of drug-likeness (QED) is 0.796. The van der Waals surface area contributed by atoms with Crippen molar-refractivity contribution in [3.63, 3.8) is 0 Å². The van der Waals surface area contributed by atoms with Crippen LogP contribution in [0.25, 0.3) is 11.1 Å². The number of carbonyl (C=O) groups excluding carboxylic acids is 1. The summed E-state index contributed by atoms with van der Waals surface area (Å²) in [6.45, 7) is 1.79. The van der Waals surface area contributed by atoms with Crippen LogP contribution in [0.15, 0.2) is 46.9 Å². The molecule has 1 N–H and O–H groups in total. The highest BCUT2D eigenvalue weighted by Crippen LogP contribution is 2.20. The minimum atomic E-state index is -0.0862. The van der Waals surface area contributed by atoms with Crippen molar-refractivity contribution in [1.82, 2.24) is 4.98 Å². The van der Waals surface area contributed by atoms with Gasteiger partial charge < -0.3 is 9.73 Å². The Morgan fingerprint density at radius 2 is 2.00 bits per heavy atom. The van der Waals surface area contributed by atoms with E-state index in [-0.39, 0.29) is 5.91 Å². The summed E-state index contributed by atoms with van der Waals surface area (Å²) in [5.74, 6) is 0.520. The normalized spacial score (nSPS) is 10.8. The van der Waals surface area contributed by atoms with E-state index in [1.807, 2.05) is 12.1 Å². The van der Waals surface area contributed by atoms with Gasteiger partial charge in [0.25, 0.3) is 0 Å². The highest BCUT2D eigenvalue weighted by Gasteiger charge is 2.07. The Labute approximate surface area is 126 Å². The number of hydrogen-bond acceptors (Lipinski definition) is 3. The molecule has 0 aliphatic carbocycles. The summed E-state index contributed by atoms with van der Waals surface area (Å²) in [5, 5.41) is 3.51. The summed E-state index contributed by atoms with van der Waals surface area (Å²) < 4.78 is 5.40. The first-order valence-electron chi connectivity index (χ1n) is 6.52. The maximum absolute atomic E-state index is 12.0. The molecule has 0 bridgehead atoms. The van der Waals surface area contributed by atoms with Gasteiger partial charge in [-0.25, -0.2) is 4.98 Å². The van der Waals surface area contributed by atoms with Gasteiger partial charge in [-0.1, -0.05) is 23.7 Å². The number of nitrogens with zero attached hydrogens (tertiary/aromatic N) is 1.